The Kier molecular flexibility index (Phi) is 5.24. The Balaban J connectivity index is 1.32. The van der Waals surface area contributed by atoms with Gasteiger partial charge in [-0.25, -0.2) is 0 Å². The topological polar surface area (TPSA) is 79.5 Å². The van der Waals surface area contributed by atoms with E-state index in [4.69, 9.17) is 9.47 Å². The smallest absolute Gasteiger partial charge is 0.250 e. The monoisotopic (exact) mass is 452 g/mol. The predicted molar refractivity (Wildman–Crippen MR) is 132 cm³/mol. The predicted octanol–water partition coefficient (Wildman–Crippen LogP) is 4.71. The van der Waals surface area contributed by atoms with Crippen LogP contribution in [0.5, 0.6) is 11.5 Å². The van der Waals surface area contributed by atoms with Crippen LogP contribution in [0.2, 0.25) is 0 Å². The molecule has 34 heavy (non-hydrogen) atoms. The number of fused-ring (bicyclic) bond motifs is 2. The van der Waals surface area contributed by atoms with Crippen molar-refractivity contribution in [2.75, 3.05) is 36.5 Å². The van der Waals surface area contributed by atoms with Gasteiger partial charge in [-0.3, -0.25) is 9.78 Å². The molecule has 6 rings (SSSR count). The highest BCUT2D eigenvalue weighted by molar-refractivity contribution is 5.74. The molecule has 2 aliphatic heterocycles. The number of pyridine rings is 2. The van der Waals surface area contributed by atoms with Crippen LogP contribution in [0.15, 0.2) is 77.9 Å². The van der Waals surface area contributed by atoms with E-state index in [2.05, 4.69) is 32.3 Å². The van der Waals surface area contributed by atoms with E-state index in [1.165, 1.54) is 0 Å². The van der Waals surface area contributed by atoms with Crippen LogP contribution in [0.25, 0.3) is 11.3 Å². The Morgan fingerprint density at radius 2 is 1.85 bits per heavy atom. The van der Waals surface area contributed by atoms with Crippen LogP contribution in [0.4, 0.5) is 17.1 Å². The molecule has 7 heteroatoms. The van der Waals surface area contributed by atoms with E-state index < -0.39 is 0 Å². The van der Waals surface area contributed by atoms with Crippen molar-refractivity contribution in [3.63, 3.8) is 0 Å². The van der Waals surface area contributed by atoms with E-state index in [0.29, 0.717) is 13.2 Å². The molecule has 7 nitrogen and oxygen atoms in total. The number of aromatic amines is 1. The number of para-hydroxylation sites is 1. The Hall–Kier alpha value is -4.10. The third-order valence-corrected chi connectivity index (χ3v) is 6.20. The number of H-pyrrole nitrogens is 1. The zero-order valence-electron chi connectivity index (χ0n) is 18.6. The second-order valence-electron chi connectivity index (χ2n) is 8.48. The molecule has 0 unspecified atom stereocenters. The fourth-order valence-corrected chi connectivity index (χ4v) is 4.55. The molecule has 2 aromatic carbocycles. The van der Waals surface area contributed by atoms with Gasteiger partial charge in [-0.1, -0.05) is 12.1 Å². The molecule has 2 aliphatic rings. The van der Waals surface area contributed by atoms with E-state index >= 15 is 0 Å². The second kappa shape index (κ2) is 8.68. The van der Waals surface area contributed by atoms with Crippen molar-refractivity contribution in [1.29, 1.82) is 0 Å². The van der Waals surface area contributed by atoms with Gasteiger partial charge in [0.05, 0.1) is 30.8 Å². The fourth-order valence-electron chi connectivity index (χ4n) is 4.55. The molecular weight excluding hydrogens is 428 g/mol. The minimum absolute atomic E-state index is 0.126. The van der Waals surface area contributed by atoms with Crippen LogP contribution in [-0.2, 0) is 11.2 Å². The minimum Gasteiger partial charge on any atom is -0.456 e. The molecule has 0 bridgehead atoms. The quantitative estimate of drug-likeness (QED) is 0.411. The van der Waals surface area contributed by atoms with Gasteiger partial charge < -0.3 is 24.7 Å². The largest absolute Gasteiger partial charge is 0.456 e. The van der Waals surface area contributed by atoms with E-state index in [1.54, 1.807) is 18.5 Å². The van der Waals surface area contributed by atoms with Gasteiger partial charge in [0.2, 0.25) is 5.56 Å². The van der Waals surface area contributed by atoms with Gasteiger partial charge in [-0.05, 0) is 48.0 Å². The van der Waals surface area contributed by atoms with Crippen LogP contribution in [0.3, 0.4) is 0 Å². The maximum Gasteiger partial charge on any atom is 0.250 e. The van der Waals surface area contributed by atoms with Crippen molar-refractivity contribution in [3.05, 3.63) is 94.5 Å². The summed E-state index contributed by atoms with van der Waals surface area (Å²) in [6.45, 7) is 2.88. The van der Waals surface area contributed by atoms with Crippen LogP contribution in [0, 0.1) is 0 Å². The zero-order chi connectivity index (χ0) is 22.9. The molecule has 0 atom stereocenters. The number of nitrogens with zero attached hydrogens (tertiary/aromatic N) is 2. The first-order valence-electron chi connectivity index (χ1n) is 11.4. The van der Waals surface area contributed by atoms with Crippen molar-refractivity contribution in [2.45, 2.75) is 6.42 Å². The van der Waals surface area contributed by atoms with Gasteiger partial charge in [0.25, 0.3) is 0 Å². The molecule has 0 radical (unpaired) electrons. The van der Waals surface area contributed by atoms with Gasteiger partial charge in [0.15, 0.2) is 0 Å². The Morgan fingerprint density at radius 3 is 2.71 bits per heavy atom. The van der Waals surface area contributed by atoms with Gasteiger partial charge in [0.1, 0.15) is 11.5 Å². The van der Waals surface area contributed by atoms with Crippen molar-refractivity contribution < 1.29 is 9.47 Å². The maximum atomic E-state index is 12.5. The first-order chi connectivity index (χ1) is 16.7. The third-order valence-electron chi connectivity index (χ3n) is 6.20. The lowest BCUT2D eigenvalue weighted by Gasteiger charge is -2.29. The first-order valence-corrected chi connectivity index (χ1v) is 11.4. The van der Waals surface area contributed by atoms with E-state index in [1.807, 2.05) is 42.5 Å². The summed E-state index contributed by atoms with van der Waals surface area (Å²) in [5.74, 6) is 1.61. The average Bonchev–Trinajstić information content (AvgIpc) is 2.88. The number of ether oxygens (including phenoxy) is 2. The van der Waals surface area contributed by atoms with E-state index in [-0.39, 0.29) is 5.56 Å². The molecule has 2 aromatic heterocycles. The fraction of sp³-hybridized carbons (Fsp3) is 0.185. The zero-order valence-corrected chi connectivity index (χ0v) is 18.6. The molecule has 1 fully saturated rings. The second-order valence-corrected chi connectivity index (χ2v) is 8.48. The van der Waals surface area contributed by atoms with Crippen molar-refractivity contribution >= 4 is 17.1 Å². The number of hydrogen-bond donors (Lipinski definition) is 2. The molecule has 0 spiro atoms. The lowest BCUT2D eigenvalue weighted by Crippen LogP contribution is -2.36. The summed E-state index contributed by atoms with van der Waals surface area (Å²) in [6.07, 6.45) is 4.29. The van der Waals surface area contributed by atoms with Crippen molar-refractivity contribution in [3.8, 4) is 22.8 Å². The molecule has 2 N–H and O–H groups in total. The average molecular weight is 453 g/mol. The van der Waals surface area contributed by atoms with Crippen molar-refractivity contribution in [2.24, 2.45) is 0 Å². The molecule has 4 heterocycles. The summed E-state index contributed by atoms with van der Waals surface area (Å²) in [6, 6.07) is 19.7. The van der Waals surface area contributed by atoms with Crippen LogP contribution in [-0.4, -0.2) is 36.3 Å². The van der Waals surface area contributed by atoms with Crippen LogP contribution in [0.1, 0.15) is 11.1 Å². The summed E-state index contributed by atoms with van der Waals surface area (Å²) >= 11 is 0. The summed E-state index contributed by atoms with van der Waals surface area (Å²) < 4.78 is 11.9. The Bertz CT molecular complexity index is 1390. The lowest BCUT2D eigenvalue weighted by atomic mass is 9.96. The van der Waals surface area contributed by atoms with Gasteiger partial charge >= 0.3 is 0 Å². The standard InChI is InChI=1S/C27H24N4O3/c32-26-16-22(31-9-11-33-12-10-31)15-24(30-26)23-5-1-3-18-13-19-14-20(6-7-25(19)34-27(18)23)29-21-4-2-8-28-17-21/h1-8,14-17,29H,9-13H2,(H,30,32). The van der Waals surface area contributed by atoms with Gasteiger partial charge in [-0.2, -0.15) is 0 Å². The molecule has 0 aliphatic carbocycles. The number of anilines is 3. The highest BCUT2D eigenvalue weighted by Gasteiger charge is 2.22. The van der Waals surface area contributed by atoms with Crippen molar-refractivity contribution in [1.82, 2.24) is 9.97 Å². The summed E-state index contributed by atoms with van der Waals surface area (Å²) in [5.41, 5.74) is 6.52. The summed E-state index contributed by atoms with van der Waals surface area (Å²) in [7, 11) is 0. The molecular formula is C27H24N4O3. The summed E-state index contributed by atoms with van der Waals surface area (Å²) in [4.78, 5) is 21.9. The van der Waals surface area contributed by atoms with Crippen LogP contribution >= 0.6 is 0 Å². The number of rotatable bonds is 4. The summed E-state index contributed by atoms with van der Waals surface area (Å²) in [5, 5.41) is 3.39. The molecule has 170 valence electrons. The minimum atomic E-state index is -0.126. The van der Waals surface area contributed by atoms with Gasteiger partial charge in [0, 0.05) is 54.3 Å². The number of nitrogens with one attached hydrogen (secondary N) is 2. The highest BCUT2D eigenvalue weighted by atomic mass is 16.5. The Labute approximate surface area is 197 Å². The number of benzene rings is 2. The number of aromatic nitrogens is 2. The highest BCUT2D eigenvalue weighted by Crippen LogP contribution is 2.43. The Morgan fingerprint density at radius 1 is 0.941 bits per heavy atom. The molecule has 4 aromatic rings. The van der Waals surface area contributed by atoms with E-state index in [9.17, 15) is 4.79 Å². The molecule has 1 saturated heterocycles. The van der Waals surface area contributed by atoms with E-state index in [0.717, 1.165) is 70.5 Å². The number of morpholine rings is 1. The first kappa shape index (κ1) is 20.5. The molecule has 0 amide bonds. The normalized spacial score (nSPS) is 14.6. The SMILES string of the molecule is O=c1cc(N2CCOCC2)cc(-c2cccc3c2Oc2ccc(Nc4cccnc4)cc2C3)[nH]1. The molecule has 0 saturated carbocycles. The lowest BCUT2D eigenvalue weighted by molar-refractivity contribution is 0.122. The number of hydrogen-bond acceptors (Lipinski definition) is 6. The third kappa shape index (κ3) is 4.02. The maximum absolute atomic E-state index is 12.5. The van der Waals surface area contributed by atoms with Crippen LogP contribution < -0.4 is 20.5 Å². The van der Waals surface area contributed by atoms with Gasteiger partial charge in [-0.15, -0.1) is 0 Å².